The Bertz CT molecular complexity index is 2410. The molecular formula is C45H48N8O5. The Morgan fingerprint density at radius 1 is 0.724 bits per heavy atom. The largest absolute Gasteiger partial charge is 0.453 e. The molecule has 0 bridgehead atoms. The third-order valence-electron chi connectivity index (χ3n) is 11.6. The molecule has 0 saturated carbocycles. The fourth-order valence-corrected chi connectivity index (χ4v) is 8.18. The summed E-state index contributed by atoms with van der Waals surface area (Å²) >= 11 is 0. The topological polar surface area (TPSA) is 172 Å². The molecule has 8 rings (SSSR count). The van der Waals surface area contributed by atoms with Gasteiger partial charge in [-0.2, -0.15) is 0 Å². The number of aromatic nitrogens is 4. The van der Waals surface area contributed by atoms with E-state index in [2.05, 4.69) is 75.9 Å². The Labute approximate surface area is 337 Å². The number of fused-ring (bicyclic) bond motifs is 1. The van der Waals surface area contributed by atoms with Crippen LogP contribution >= 0.6 is 0 Å². The molecule has 13 heteroatoms. The first-order valence-electron chi connectivity index (χ1n) is 19.8. The van der Waals surface area contributed by atoms with Crippen LogP contribution in [-0.2, 0) is 19.1 Å². The number of nitrogens with zero attached hydrogens (tertiary/aromatic N) is 4. The van der Waals surface area contributed by atoms with Crippen molar-refractivity contribution in [3.63, 3.8) is 0 Å². The normalized spacial score (nSPS) is 18.3. The molecule has 2 aromatic heterocycles. The summed E-state index contributed by atoms with van der Waals surface area (Å²) < 4.78 is 10.1. The average molecular weight is 781 g/mol. The van der Waals surface area contributed by atoms with Crippen LogP contribution in [0.1, 0.15) is 67.9 Å². The van der Waals surface area contributed by atoms with Gasteiger partial charge in [-0.3, -0.25) is 9.59 Å². The summed E-state index contributed by atoms with van der Waals surface area (Å²) in [5, 5.41) is 4.94. The van der Waals surface area contributed by atoms with Gasteiger partial charge in [-0.25, -0.2) is 14.8 Å². The lowest BCUT2D eigenvalue weighted by Gasteiger charge is -2.28. The van der Waals surface area contributed by atoms with Gasteiger partial charge in [-0.1, -0.05) is 78.9 Å². The molecular weight excluding hydrogens is 733 g/mol. The molecule has 5 atom stereocenters. The van der Waals surface area contributed by atoms with Crippen LogP contribution in [0, 0.1) is 0 Å². The Morgan fingerprint density at radius 3 is 1.86 bits per heavy atom. The number of nitrogens with two attached hydrogens (primary N) is 1. The SMILES string of the molecule is COC(=O)N[C@@H](C(=O)N1CCC[C@H]1c1ncc(-c2ccc(-c3ccc4cc(-c5cnc([C@@H]6CCCN6C(=O)[C@@H](N)[C@@H](C)OC)[nH]5)ccc4c3)cc2)[nH]1)c1ccccc1. The third-order valence-corrected chi connectivity index (χ3v) is 11.6. The van der Waals surface area contributed by atoms with Crippen molar-refractivity contribution >= 4 is 28.7 Å². The lowest BCUT2D eigenvalue weighted by atomic mass is 9.98. The van der Waals surface area contributed by atoms with E-state index in [1.54, 1.807) is 12.0 Å². The Kier molecular flexibility index (Phi) is 11.1. The minimum absolute atomic E-state index is 0.118. The van der Waals surface area contributed by atoms with E-state index >= 15 is 0 Å². The van der Waals surface area contributed by atoms with E-state index in [1.165, 1.54) is 7.11 Å². The summed E-state index contributed by atoms with van der Waals surface area (Å²) in [5.74, 6) is 1.15. The average Bonchev–Trinajstić information content (AvgIpc) is 4.12. The second kappa shape index (κ2) is 16.7. The number of aromatic amines is 2. The number of imidazole rings is 2. The van der Waals surface area contributed by atoms with E-state index < -0.39 is 18.2 Å². The Hall–Kier alpha value is -6.31. The maximum atomic E-state index is 13.9. The number of likely N-dealkylation sites (tertiary alicyclic amines) is 2. The van der Waals surface area contributed by atoms with Crippen molar-refractivity contribution in [2.75, 3.05) is 27.3 Å². The van der Waals surface area contributed by atoms with Gasteiger partial charge in [0, 0.05) is 25.8 Å². The molecule has 4 aromatic carbocycles. The molecule has 6 aromatic rings. The number of rotatable bonds is 11. The molecule has 58 heavy (non-hydrogen) atoms. The number of benzene rings is 4. The molecule has 4 heterocycles. The van der Waals surface area contributed by atoms with Crippen molar-refractivity contribution in [2.24, 2.45) is 5.73 Å². The van der Waals surface area contributed by atoms with E-state index in [0.29, 0.717) is 24.5 Å². The molecule has 3 amide bonds. The summed E-state index contributed by atoms with van der Waals surface area (Å²) in [4.78, 5) is 59.3. The zero-order valence-corrected chi connectivity index (χ0v) is 32.9. The number of ether oxygens (including phenoxy) is 2. The smallest absolute Gasteiger partial charge is 0.407 e. The zero-order chi connectivity index (χ0) is 40.3. The maximum absolute atomic E-state index is 13.9. The summed E-state index contributed by atoms with van der Waals surface area (Å²) in [6.45, 7) is 3.02. The lowest BCUT2D eigenvalue weighted by Crippen LogP contribution is -2.49. The van der Waals surface area contributed by atoms with Crippen LogP contribution in [0.15, 0.2) is 103 Å². The summed E-state index contributed by atoms with van der Waals surface area (Å²) in [7, 11) is 2.85. The highest BCUT2D eigenvalue weighted by Gasteiger charge is 2.38. The number of H-pyrrole nitrogens is 2. The van der Waals surface area contributed by atoms with Crippen LogP contribution < -0.4 is 11.1 Å². The van der Waals surface area contributed by atoms with E-state index in [9.17, 15) is 14.4 Å². The molecule has 0 radical (unpaired) electrons. The first kappa shape index (κ1) is 38.6. The van der Waals surface area contributed by atoms with Gasteiger partial charge in [0.15, 0.2) is 0 Å². The van der Waals surface area contributed by atoms with Gasteiger partial charge < -0.3 is 40.3 Å². The molecule has 2 aliphatic heterocycles. The molecule has 0 unspecified atom stereocenters. The van der Waals surface area contributed by atoms with Crippen molar-refractivity contribution in [3.8, 4) is 33.6 Å². The number of carbonyl (C=O) groups is 3. The highest BCUT2D eigenvalue weighted by molar-refractivity contribution is 5.91. The van der Waals surface area contributed by atoms with Gasteiger partial charge in [0.1, 0.15) is 23.7 Å². The first-order chi connectivity index (χ1) is 28.2. The standard InChI is InChI=1S/C45H48N8O5/c1-27(57-2)39(46)43(54)52-21-7-11-37(52)41-48-26-36(50-41)34-20-19-32-23-31(17-18-33(32)24-34)28-13-15-29(16-14-28)35-25-47-42(49-35)38-12-8-22-53(38)44(55)40(51-45(56)58-3)30-9-5-4-6-10-30/h4-6,9-10,13-20,23-27,37-40H,7-8,11-12,21-22,46H2,1-3H3,(H,47,49)(H,48,50)(H,51,56)/t27-,37+,38+,39+,40-/m1/s1. The number of hydrogen-bond acceptors (Lipinski definition) is 8. The van der Waals surface area contributed by atoms with Crippen molar-refractivity contribution in [3.05, 3.63) is 121 Å². The van der Waals surface area contributed by atoms with Gasteiger partial charge in [-0.05, 0) is 77.8 Å². The number of carbonyl (C=O) groups excluding carboxylic acids is 3. The summed E-state index contributed by atoms with van der Waals surface area (Å²) in [5.41, 5.74) is 12.8. The fourth-order valence-electron chi connectivity index (χ4n) is 8.18. The second-order valence-corrected chi connectivity index (χ2v) is 15.0. The van der Waals surface area contributed by atoms with E-state index in [4.69, 9.17) is 25.2 Å². The Balaban J connectivity index is 0.947. The van der Waals surface area contributed by atoms with Crippen molar-refractivity contribution in [2.45, 2.75) is 62.9 Å². The highest BCUT2D eigenvalue weighted by atomic mass is 16.5. The number of nitrogens with one attached hydrogen (secondary N) is 3. The van der Waals surface area contributed by atoms with Crippen molar-refractivity contribution in [1.82, 2.24) is 35.1 Å². The van der Waals surface area contributed by atoms with Crippen LogP contribution in [0.5, 0.6) is 0 Å². The summed E-state index contributed by atoms with van der Waals surface area (Å²) in [6.07, 6.45) is 5.92. The maximum Gasteiger partial charge on any atom is 0.407 e. The van der Waals surface area contributed by atoms with Gasteiger partial charge in [0.05, 0.1) is 49.1 Å². The van der Waals surface area contributed by atoms with Gasteiger partial charge in [0.25, 0.3) is 5.91 Å². The molecule has 2 aliphatic rings. The van der Waals surface area contributed by atoms with Crippen LogP contribution in [0.25, 0.3) is 44.4 Å². The molecule has 298 valence electrons. The number of alkyl carbamates (subject to hydrolysis) is 1. The second-order valence-electron chi connectivity index (χ2n) is 15.0. The fraction of sp³-hybridized carbons (Fsp3) is 0.311. The predicted molar refractivity (Wildman–Crippen MR) is 221 cm³/mol. The third kappa shape index (κ3) is 7.70. The van der Waals surface area contributed by atoms with Crippen LogP contribution in [0.3, 0.4) is 0 Å². The van der Waals surface area contributed by atoms with Crippen molar-refractivity contribution in [1.29, 1.82) is 0 Å². The van der Waals surface area contributed by atoms with Crippen LogP contribution in [0.4, 0.5) is 4.79 Å². The number of methoxy groups -OCH3 is 2. The van der Waals surface area contributed by atoms with Crippen molar-refractivity contribution < 1.29 is 23.9 Å². The van der Waals surface area contributed by atoms with E-state index in [0.717, 1.165) is 75.9 Å². The molecule has 13 nitrogen and oxygen atoms in total. The quantitative estimate of drug-likeness (QED) is 0.108. The van der Waals surface area contributed by atoms with Crippen LogP contribution in [-0.4, -0.2) is 87.1 Å². The zero-order valence-electron chi connectivity index (χ0n) is 32.9. The number of amides is 3. The first-order valence-corrected chi connectivity index (χ1v) is 19.8. The molecule has 2 fully saturated rings. The molecule has 2 saturated heterocycles. The molecule has 5 N–H and O–H groups in total. The van der Waals surface area contributed by atoms with E-state index in [-0.39, 0.29) is 30.0 Å². The molecule has 0 spiro atoms. The lowest BCUT2D eigenvalue weighted by molar-refractivity contribution is -0.136. The van der Waals surface area contributed by atoms with Gasteiger partial charge in [0.2, 0.25) is 5.91 Å². The highest BCUT2D eigenvalue weighted by Crippen LogP contribution is 2.36. The van der Waals surface area contributed by atoms with Gasteiger partial charge in [-0.15, -0.1) is 0 Å². The Morgan fingerprint density at radius 2 is 1.26 bits per heavy atom. The predicted octanol–water partition coefficient (Wildman–Crippen LogP) is 7.07. The van der Waals surface area contributed by atoms with Gasteiger partial charge >= 0.3 is 6.09 Å². The van der Waals surface area contributed by atoms with E-state index in [1.807, 2.05) is 54.5 Å². The monoisotopic (exact) mass is 780 g/mol. The summed E-state index contributed by atoms with van der Waals surface area (Å²) in [6, 6.07) is 28.4. The molecule has 0 aliphatic carbocycles. The minimum atomic E-state index is -0.874. The minimum Gasteiger partial charge on any atom is -0.453 e. The van der Waals surface area contributed by atoms with Crippen LogP contribution in [0.2, 0.25) is 0 Å². The number of hydrogen-bond donors (Lipinski definition) is 4.